The molecule has 0 N–H and O–H groups in total. The first kappa shape index (κ1) is 9.06. The van der Waals surface area contributed by atoms with Crippen molar-refractivity contribution in [3.05, 3.63) is 17.8 Å². The Labute approximate surface area is 83.3 Å². The van der Waals surface area contributed by atoms with E-state index in [9.17, 15) is 4.79 Å². The quantitative estimate of drug-likeness (QED) is 0.588. The number of carbonyl (C=O) groups excluding carboxylic acids is 1. The van der Waals surface area contributed by atoms with Gasteiger partial charge in [-0.2, -0.15) is 0 Å². The van der Waals surface area contributed by atoms with Crippen molar-refractivity contribution in [3.8, 4) is 0 Å². The molecule has 1 aliphatic rings. The maximum absolute atomic E-state index is 11.2. The summed E-state index contributed by atoms with van der Waals surface area (Å²) in [4.78, 5) is 16.8. The van der Waals surface area contributed by atoms with Crippen molar-refractivity contribution >= 4 is 25.2 Å². The topological polar surface area (TPSA) is 42.4 Å². The Morgan fingerprint density at radius 3 is 3.00 bits per heavy atom. The number of hydrogen-bond acceptors (Lipinski definition) is 3. The molecule has 0 aliphatic carbocycles. The molecule has 1 aromatic heterocycles. The van der Waals surface area contributed by atoms with Crippen LogP contribution in [0.4, 0.5) is 10.6 Å². The maximum atomic E-state index is 11.2. The average molecular weight is 188 g/mol. The zero-order valence-corrected chi connectivity index (χ0v) is 7.86. The highest BCUT2D eigenvalue weighted by molar-refractivity contribution is 6.33. The summed E-state index contributed by atoms with van der Waals surface area (Å²) < 4.78 is 4.81. The van der Waals surface area contributed by atoms with E-state index in [4.69, 9.17) is 12.6 Å². The molecule has 0 aromatic carbocycles. The number of pyridine rings is 1. The van der Waals surface area contributed by atoms with Crippen LogP contribution in [0, 0.1) is 6.92 Å². The molecule has 1 aliphatic heterocycles. The Kier molecular flexibility index (Phi) is 2.15. The number of aryl methyl sites for hydroxylation is 1. The van der Waals surface area contributed by atoms with E-state index in [0.717, 1.165) is 5.56 Å². The van der Waals surface area contributed by atoms with Crippen molar-refractivity contribution in [2.24, 2.45) is 0 Å². The van der Waals surface area contributed by atoms with Gasteiger partial charge < -0.3 is 4.74 Å². The van der Waals surface area contributed by atoms with Crippen molar-refractivity contribution < 1.29 is 9.53 Å². The summed E-state index contributed by atoms with van der Waals surface area (Å²) in [5.41, 5.74) is 1.54. The van der Waals surface area contributed by atoms with E-state index >= 15 is 0 Å². The Bertz CT molecular complexity index is 381. The number of cyclic esters (lactones) is 1. The monoisotopic (exact) mass is 188 g/mol. The van der Waals surface area contributed by atoms with E-state index in [1.54, 1.807) is 12.3 Å². The molecule has 2 radical (unpaired) electrons. The lowest BCUT2D eigenvalue weighted by Gasteiger charge is -2.12. The molecule has 2 rings (SSSR count). The molecular formula is C9H9BN2O2. The normalized spacial score (nSPS) is 15.8. The van der Waals surface area contributed by atoms with Crippen LogP contribution in [0.1, 0.15) is 5.56 Å². The van der Waals surface area contributed by atoms with E-state index < -0.39 is 0 Å². The molecule has 0 atom stereocenters. The minimum Gasteiger partial charge on any atom is -0.447 e. The first-order valence-corrected chi connectivity index (χ1v) is 4.35. The standard InChI is InChI=1S/C9H9BN2O2/c1-6-4-8(11-5-7(6)10)12-2-3-14-9(12)13/h4-5H,2-3H2,1H3. The molecule has 0 spiro atoms. The van der Waals surface area contributed by atoms with Crippen LogP contribution >= 0.6 is 0 Å². The highest BCUT2D eigenvalue weighted by Crippen LogP contribution is 2.15. The van der Waals surface area contributed by atoms with Crippen molar-refractivity contribution in [2.75, 3.05) is 18.1 Å². The lowest BCUT2D eigenvalue weighted by Crippen LogP contribution is -2.25. The zero-order valence-electron chi connectivity index (χ0n) is 7.86. The SMILES string of the molecule is [B]c1cnc(N2CCOC2=O)cc1C. The highest BCUT2D eigenvalue weighted by Gasteiger charge is 2.24. The summed E-state index contributed by atoms with van der Waals surface area (Å²) >= 11 is 0. The molecule has 0 saturated carbocycles. The van der Waals surface area contributed by atoms with Crippen molar-refractivity contribution in [3.63, 3.8) is 0 Å². The molecule has 1 fully saturated rings. The van der Waals surface area contributed by atoms with Gasteiger partial charge in [0.2, 0.25) is 0 Å². The summed E-state index contributed by atoms with van der Waals surface area (Å²) in [7, 11) is 5.62. The van der Waals surface area contributed by atoms with Gasteiger partial charge >= 0.3 is 6.09 Å². The fourth-order valence-electron chi connectivity index (χ4n) is 1.30. The van der Waals surface area contributed by atoms with Gasteiger partial charge in [-0.3, -0.25) is 4.90 Å². The predicted molar refractivity (Wildman–Crippen MR) is 53.1 cm³/mol. The Balaban J connectivity index is 2.32. The van der Waals surface area contributed by atoms with Crippen LogP contribution in [0.15, 0.2) is 12.3 Å². The average Bonchev–Trinajstić information content (AvgIpc) is 2.57. The highest BCUT2D eigenvalue weighted by atomic mass is 16.6. The second-order valence-corrected chi connectivity index (χ2v) is 3.17. The molecule has 14 heavy (non-hydrogen) atoms. The van der Waals surface area contributed by atoms with E-state index in [1.165, 1.54) is 4.90 Å². The Morgan fingerprint density at radius 1 is 1.64 bits per heavy atom. The fourth-order valence-corrected chi connectivity index (χ4v) is 1.30. The summed E-state index contributed by atoms with van der Waals surface area (Å²) in [6.45, 7) is 2.85. The van der Waals surface area contributed by atoms with Crippen LogP contribution in [0.2, 0.25) is 0 Å². The van der Waals surface area contributed by atoms with Crippen LogP contribution in [0.3, 0.4) is 0 Å². The molecule has 1 aromatic rings. The predicted octanol–water partition coefficient (Wildman–Crippen LogP) is 0.140. The van der Waals surface area contributed by atoms with Gasteiger partial charge in [0.05, 0.1) is 6.54 Å². The summed E-state index contributed by atoms with van der Waals surface area (Å²) in [5, 5.41) is 0. The minimum atomic E-state index is -0.346. The van der Waals surface area contributed by atoms with Gasteiger partial charge in [0.1, 0.15) is 20.3 Å². The van der Waals surface area contributed by atoms with Gasteiger partial charge in [-0.05, 0) is 13.0 Å². The molecule has 0 bridgehead atoms. The third-order valence-electron chi connectivity index (χ3n) is 2.17. The number of rotatable bonds is 1. The van der Waals surface area contributed by atoms with Crippen molar-refractivity contribution in [2.45, 2.75) is 6.92 Å². The van der Waals surface area contributed by atoms with Crippen molar-refractivity contribution in [1.29, 1.82) is 0 Å². The summed E-state index contributed by atoms with van der Waals surface area (Å²) in [6, 6.07) is 1.78. The maximum Gasteiger partial charge on any atom is 0.415 e. The number of anilines is 1. The molecule has 4 nitrogen and oxygen atoms in total. The number of hydrogen-bond donors (Lipinski definition) is 0. The van der Waals surface area contributed by atoms with E-state index in [0.29, 0.717) is 24.4 Å². The van der Waals surface area contributed by atoms with E-state index in [-0.39, 0.29) is 6.09 Å². The van der Waals surface area contributed by atoms with Gasteiger partial charge in [-0.1, -0.05) is 11.0 Å². The first-order valence-electron chi connectivity index (χ1n) is 4.35. The van der Waals surface area contributed by atoms with Crippen LogP contribution in [0.5, 0.6) is 0 Å². The Hall–Kier alpha value is -1.52. The second kappa shape index (κ2) is 3.33. The number of aromatic nitrogens is 1. The molecule has 1 saturated heterocycles. The number of ether oxygens (including phenoxy) is 1. The van der Waals surface area contributed by atoms with Crippen LogP contribution in [-0.2, 0) is 4.74 Å². The molecule has 1 amide bonds. The van der Waals surface area contributed by atoms with Crippen LogP contribution < -0.4 is 10.4 Å². The van der Waals surface area contributed by atoms with Crippen LogP contribution in [-0.4, -0.2) is 32.1 Å². The molecule has 0 unspecified atom stereocenters. The van der Waals surface area contributed by atoms with Crippen LogP contribution in [0.25, 0.3) is 0 Å². The molecule has 2 heterocycles. The molecule has 70 valence electrons. The fraction of sp³-hybridized carbons (Fsp3) is 0.333. The molecular weight excluding hydrogens is 179 g/mol. The van der Waals surface area contributed by atoms with E-state index in [2.05, 4.69) is 4.98 Å². The minimum absolute atomic E-state index is 0.346. The largest absolute Gasteiger partial charge is 0.447 e. The van der Waals surface area contributed by atoms with E-state index in [1.807, 2.05) is 6.92 Å². The van der Waals surface area contributed by atoms with Gasteiger partial charge in [0, 0.05) is 6.20 Å². The third kappa shape index (κ3) is 1.45. The lowest BCUT2D eigenvalue weighted by molar-refractivity contribution is 0.181. The number of amides is 1. The zero-order chi connectivity index (χ0) is 10.1. The second-order valence-electron chi connectivity index (χ2n) is 3.17. The van der Waals surface area contributed by atoms with Gasteiger partial charge in [-0.25, -0.2) is 9.78 Å². The molecule has 5 heteroatoms. The number of carbonyl (C=O) groups is 1. The summed E-state index contributed by atoms with van der Waals surface area (Å²) in [6.07, 6.45) is 1.21. The van der Waals surface area contributed by atoms with Gasteiger partial charge in [0.15, 0.2) is 0 Å². The smallest absolute Gasteiger partial charge is 0.415 e. The Morgan fingerprint density at radius 2 is 2.43 bits per heavy atom. The third-order valence-corrected chi connectivity index (χ3v) is 2.17. The van der Waals surface area contributed by atoms with Crippen molar-refractivity contribution in [1.82, 2.24) is 4.98 Å². The lowest BCUT2D eigenvalue weighted by atomic mass is 9.94. The number of nitrogens with zero attached hydrogens (tertiary/aromatic N) is 2. The van der Waals surface area contributed by atoms with Gasteiger partial charge in [0.25, 0.3) is 0 Å². The van der Waals surface area contributed by atoms with Gasteiger partial charge in [-0.15, -0.1) is 0 Å². The first-order chi connectivity index (χ1) is 6.68. The summed E-state index contributed by atoms with van der Waals surface area (Å²) in [5.74, 6) is 0.596.